The zero-order chi connectivity index (χ0) is 30.2. The fourth-order valence-corrected chi connectivity index (χ4v) is 5.72. The molecule has 2 heterocycles. The molecule has 0 saturated heterocycles. The highest BCUT2D eigenvalue weighted by Crippen LogP contribution is 2.38. The van der Waals surface area contributed by atoms with Crippen molar-refractivity contribution in [2.45, 2.75) is 52.0 Å². The molecule has 6 rings (SSSR count). The minimum atomic E-state index is -0.212. The van der Waals surface area contributed by atoms with Gasteiger partial charge in [0.15, 0.2) is 5.43 Å². The van der Waals surface area contributed by atoms with E-state index >= 15 is 0 Å². The van der Waals surface area contributed by atoms with Gasteiger partial charge < -0.3 is 19.6 Å². The minimum Gasteiger partial charge on any atom is -0.507 e. The van der Waals surface area contributed by atoms with Crippen molar-refractivity contribution in [2.75, 3.05) is 13.2 Å². The van der Waals surface area contributed by atoms with Gasteiger partial charge in [0.1, 0.15) is 28.2 Å². The highest BCUT2D eigenvalue weighted by molar-refractivity contribution is 5.87. The summed E-state index contributed by atoms with van der Waals surface area (Å²) in [4.78, 5) is 12.0. The fraction of sp³-hybridized carbons (Fsp3) is 0.289. The minimum absolute atomic E-state index is 0. The second-order valence-corrected chi connectivity index (χ2v) is 11.5. The van der Waals surface area contributed by atoms with Crippen LogP contribution in [0.15, 0.2) is 112 Å². The van der Waals surface area contributed by atoms with Gasteiger partial charge in [0.2, 0.25) is 0 Å². The number of benzene rings is 4. The van der Waals surface area contributed by atoms with Gasteiger partial charge in [-0.3, -0.25) is 4.79 Å². The molecule has 2 atom stereocenters. The predicted molar refractivity (Wildman–Crippen MR) is 181 cm³/mol. The Morgan fingerprint density at radius 2 is 1.45 bits per heavy atom. The number of hydrogen-bond donors (Lipinski definition) is 2. The van der Waals surface area contributed by atoms with E-state index in [1.165, 1.54) is 22.8 Å². The molecule has 230 valence electrons. The third kappa shape index (κ3) is 8.10. The first-order valence-corrected chi connectivity index (χ1v) is 15.2. The van der Waals surface area contributed by atoms with Crippen LogP contribution in [0.2, 0.25) is 0 Å². The number of phenolic OH excluding ortho intramolecular Hbond substituents is 1. The van der Waals surface area contributed by atoms with Crippen LogP contribution in [0.1, 0.15) is 66.7 Å². The summed E-state index contributed by atoms with van der Waals surface area (Å²) in [5.74, 6) is 2.03. The van der Waals surface area contributed by atoms with Crippen molar-refractivity contribution < 1.29 is 14.3 Å². The normalized spacial score (nSPS) is 14.8. The second-order valence-electron chi connectivity index (χ2n) is 11.5. The van der Waals surface area contributed by atoms with Crippen LogP contribution < -0.4 is 15.5 Å². The molecule has 0 radical (unpaired) electrons. The number of halogens is 1. The molecule has 0 saturated carbocycles. The molecule has 1 aliphatic heterocycles. The van der Waals surface area contributed by atoms with E-state index in [4.69, 9.17) is 9.15 Å². The lowest BCUT2D eigenvalue weighted by Gasteiger charge is -2.20. The van der Waals surface area contributed by atoms with Crippen LogP contribution >= 0.6 is 12.4 Å². The van der Waals surface area contributed by atoms with Gasteiger partial charge in [0.05, 0.1) is 6.61 Å². The Morgan fingerprint density at radius 1 is 0.886 bits per heavy atom. The summed E-state index contributed by atoms with van der Waals surface area (Å²) in [5.41, 5.74) is 5.00. The van der Waals surface area contributed by atoms with Gasteiger partial charge in [-0.1, -0.05) is 97.9 Å². The summed E-state index contributed by atoms with van der Waals surface area (Å²) in [6, 6.07) is 35.8. The van der Waals surface area contributed by atoms with Gasteiger partial charge in [-0.2, -0.15) is 0 Å². The molecule has 0 aliphatic carbocycles. The summed E-state index contributed by atoms with van der Waals surface area (Å²) in [6.07, 6.45) is 2.74. The Balaban J connectivity index is 0.000000201. The number of ether oxygens (including phenoxy) is 1. The maximum Gasteiger partial charge on any atom is 0.196 e. The zero-order valence-electron chi connectivity index (χ0n) is 25.7. The van der Waals surface area contributed by atoms with Crippen LogP contribution in [0.4, 0.5) is 0 Å². The van der Waals surface area contributed by atoms with Crippen molar-refractivity contribution >= 4 is 23.4 Å². The van der Waals surface area contributed by atoms with E-state index in [1.807, 2.05) is 0 Å². The summed E-state index contributed by atoms with van der Waals surface area (Å²) in [5, 5.41) is 14.3. The Bertz CT molecular complexity index is 1630. The van der Waals surface area contributed by atoms with Crippen molar-refractivity contribution in [1.82, 2.24) is 5.32 Å². The quantitative estimate of drug-likeness (QED) is 0.192. The highest BCUT2D eigenvalue weighted by Gasteiger charge is 2.22. The monoisotopic (exact) mass is 611 g/mol. The van der Waals surface area contributed by atoms with Crippen LogP contribution in [0.5, 0.6) is 11.5 Å². The molecule has 6 heteroatoms. The lowest BCUT2D eigenvalue weighted by molar-refractivity contribution is 0.265. The Hall–Kier alpha value is -4.06. The van der Waals surface area contributed by atoms with Crippen molar-refractivity contribution in [3.63, 3.8) is 0 Å². The molecule has 5 aromatic rings. The topological polar surface area (TPSA) is 71.7 Å². The lowest BCUT2D eigenvalue weighted by Crippen LogP contribution is -2.21. The molecular weight excluding hydrogens is 570 g/mol. The van der Waals surface area contributed by atoms with Gasteiger partial charge in [0.25, 0.3) is 0 Å². The van der Waals surface area contributed by atoms with Gasteiger partial charge in [0, 0.05) is 29.7 Å². The number of aryl methyl sites for hydroxylation is 1. The molecular formula is C38H42ClNO4. The highest BCUT2D eigenvalue weighted by atomic mass is 35.5. The molecule has 1 aromatic heterocycles. The van der Waals surface area contributed by atoms with Gasteiger partial charge in [-0.05, 0) is 62.3 Å². The SMILES string of the molecule is CC(NCCC(c1ccccc1)c1ccccc1)c1ccccc1.Cc1cc(=O)c2c(O)c3c(cc2o1)OCC(C)CC3.Cl. The number of aromatic hydroxyl groups is 1. The lowest BCUT2D eigenvalue weighted by atomic mass is 9.88. The summed E-state index contributed by atoms with van der Waals surface area (Å²) in [6.45, 7) is 7.66. The van der Waals surface area contributed by atoms with Crippen LogP contribution in [0.3, 0.4) is 0 Å². The number of fused-ring (bicyclic) bond motifs is 2. The number of phenols is 1. The van der Waals surface area contributed by atoms with Crippen molar-refractivity contribution in [3.05, 3.63) is 141 Å². The second kappa shape index (κ2) is 15.6. The first-order valence-electron chi connectivity index (χ1n) is 15.2. The smallest absolute Gasteiger partial charge is 0.196 e. The fourth-order valence-electron chi connectivity index (χ4n) is 5.72. The van der Waals surface area contributed by atoms with E-state index in [0.717, 1.165) is 19.4 Å². The van der Waals surface area contributed by atoms with Crippen molar-refractivity contribution in [3.8, 4) is 11.5 Å². The molecule has 44 heavy (non-hydrogen) atoms. The van der Waals surface area contributed by atoms with E-state index in [-0.39, 0.29) is 29.0 Å². The van der Waals surface area contributed by atoms with Crippen LogP contribution in [0.25, 0.3) is 11.0 Å². The van der Waals surface area contributed by atoms with Crippen molar-refractivity contribution in [1.29, 1.82) is 0 Å². The number of hydrogen-bond acceptors (Lipinski definition) is 5. The summed E-state index contributed by atoms with van der Waals surface area (Å²) in [7, 11) is 0. The molecule has 2 unspecified atom stereocenters. The van der Waals surface area contributed by atoms with Crippen molar-refractivity contribution in [2.24, 2.45) is 5.92 Å². The maximum absolute atomic E-state index is 12.0. The molecule has 0 amide bonds. The summed E-state index contributed by atoms with van der Waals surface area (Å²) >= 11 is 0. The van der Waals surface area contributed by atoms with Gasteiger partial charge in [-0.15, -0.1) is 12.4 Å². The van der Waals surface area contributed by atoms with Crippen LogP contribution in [-0.2, 0) is 6.42 Å². The standard InChI is InChI=1S/C23H25N.C15H16O4.ClH/c1-19(20-11-5-2-6-12-20)24-18-17-23(21-13-7-3-8-14-21)22-15-9-4-10-16-22;1-8-3-4-10-12(18-7-8)6-13-14(15(10)17)11(16)5-9(2)19-13;/h2-16,19,23-24H,17-18H2,1H3;5-6,8,17H,3-4,7H2,1-2H3;1H. The number of nitrogens with one attached hydrogen (secondary N) is 1. The van der Waals surface area contributed by atoms with Crippen LogP contribution in [-0.4, -0.2) is 18.3 Å². The molecule has 0 spiro atoms. The van der Waals surface area contributed by atoms with E-state index in [2.05, 4.69) is 110 Å². The first-order chi connectivity index (χ1) is 20.9. The van der Waals surface area contributed by atoms with Crippen LogP contribution in [0, 0.1) is 12.8 Å². The van der Waals surface area contributed by atoms with E-state index in [0.29, 0.717) is 53.6 Å². The van der Waals surface area contributed by atoms with E-state index < -0.39 is 0 Å². The first kappa shape index (κ1) is 32.8. The molecule has 5 nitrogen and oxygen atoms in total. The average molecular weight is 612 g/mol. The molecule has 0 fully saturated rings. The van der Waals surface area contributed by atoms with E-state index in [9.17, 15) is 9.90 Å². The third-order valence-corrected chi connectivity index (χ3v) is 8.18. The zero-order valence-corrected chi connectivity index (χ0v) is 26.5. The molecule has 2 N–H and O–H groups in total. The molecule has 1 aliphatic rings. The Labute approximate surface area is 266 Å². The molecule has 4 aromatic carbocycles. The number of rotatable bonds is 7. The molecule has 0 bridgehead atoms. The third-order valence-electron chi connectivity index (χ3n) is 8.18. The van der Waals surface area contributed by atoms with E-state index in [1.54, 1.807) is 13.0 Å². The maximum atomic E-state index is 12.0. The largest absolute Gasteiger partial charge is 0.507 e. The Kier molecular flexibility index (Phi) is 11.6. The summed E-state index contributed by atoms with van der Waals surface area (Å²) < 4.78 is 11.2. The predicted octanol–water partition coefficient (Wildman–Crippen LogP) is 8.75. The van der Waals surface area contributed by atoms with Gasteiger partial charge >= 0.3 is 0 Å². The van der Waals surface area contributed by atoms with Gasteiger partial charge in [-0.25, -0.2) is 0 Å². The Morgan fingerprint density at radius 3 is 2.05 bits per heavy atom. The average Bonchev–Trinajstić information content (AvgIpc) is 3.22.